The molecule has 0 bridgehead atoms. The van der Waals surface area contributed by atoms with Crippen LogP contribution in [0.4, 0.5) is 0 Å². The predicted molar refractivity (Wildman–Crippen MR) is 81.3 cm³/mol. The van der Waals surface area contributed by atoms with Crippen LogP contribution < -0.4 is 5.73 Å². The van der Waals surface area contributed by atoms with Crippen LogP contribution in [0.3, 0.4) is 0 Å². The zero-order chi connectivity index (χ0) is 15.2. The van der Waals surface area contributed by atoms with E-state index in [1.807, 2.05) is 37.3 Å². The van der Waals surface area contributed by atoms with E-state index in [9.17, 15) is 9.90 Å². The number of benzene rings is 1. The number of hydrogen-bond acceptors (Lipinski definition) is 3. The smallest absolute Gasteiger partial charge is 0.239 e. The van der Waals surface area contributed by atoms with Crippen LogP contribution in [0.5, 0.6) is 0 Å². The number of hydrogen-bond donors (Lipinski definition) is 2. The Morgan fingerprint density at radius 1 is 1.35 bits per heavy atom. The highest BCUT2D eigenvalue weighted by Gasteiger charge is 2.24. The summed E-state index contributed by atoms with van der Waals surface area (Å²) in [6, 6.07) is 9.48. The van der Waals surface area contributed by atoms with E-state index in [0.717, 1.165) is 6.42 Å². The van der Waals surface area contributed by atoms with Crippen LogP contribution in [-0.2, 0) is 11.2 Å². The third-order valence-corrected chi connectivity index (χ3v) is 3.18. The van der Waals surface area contributed by atoms with Gasteiger partial charge in [0.15, 0.2) is 0 Å². The van der Waals surface area contributed by atoms with Gasteiger partial charge in [0.25, 0.3) is 0 Å². The van der Waals surface area contributed by atoms with Gasteiger partial charge in [0.2, 0.25) is 5.91 Å². The molecule has 0 aliphatic rings. The lowest BCUT2D eigenvalue weighted by molar-refractivity contribution is -0.135. The fraction of sp³-hybridized carbons (Fsp3) is 0.562. The van der Waals surface area contributed by atoms with Crippen molar-refractivity contribution in [3.63, 3.8) is 0 Å². The highest BCUT2D eigenvalue weighted by molar-refractivity contribution is 5.81. The average molecular weight is 278 g/mol. The molecule has 0 heterocycles. The Morgan fingerprint density at radius 2 is 1.95 bits per heavy atom. The monoisotopic (exact) mass is 278 g/mol. The molecule has 3 N–H and O–H groups in total. The highest BCUT2D eigenvalue weighted by Crippen LogP contribution is 2.09. The molecule has 4 heteroatoms. The van der Waals surface area contributed by atoms with Crippen LogP contribution in [0, 0.1) is 0 Å². The normalized spacial score (nSPS) is 13.1. The highest BCUT2D eigenvalue weighted by atomic mass is 16.3. The Kier molecular flexibility index (Phi) is 6.17. The van der Waals surface area contributed by atoms with Crippen LogP contribution in [0.1, 0.15) is 32.8 Å². The Hall–Kier alpha value is -1.39. The molecule has 1 atom stereocenters. The van der Waals surface area contributed by atoms with Gasteiger partial charge in [-0.05, 0) is 39.2 Å². The molecular weight excluding hydrogens is 252 g/mol. The van der Waals surface area contributed by atoms with Crippen molar-refractivity contribution in [1.82, 2.24) is 4.90 Å². The first-order chi connectivity index (χ1) is 9.33. The van der Waals surface area contributed by atoms with E-state index in [1.54, 1.807) is 18.7 Å². The number of aliphatic hydroxyl groups is 1. The van der Waals surface area contributed by atoms with Crippen LogP contribution in [0.2, 0.25) is 0 Å². The van der Waals surface area contributed by atoms with E-state index in [4.69, 9.17) is 5.73 Å². The summed E-state index contributed by atoms with van der Waals surface area (Å²) in [6.45, 7) is 6.15. The summed E-state index contributed by atoms with van der Waals surface area (Å²) in [5.41, 5.74) is 6.27. The summed E-state index contributed by atoms with van der Waals surface area (Å²) in [6.07, 6.45) is 1.40. The Balaban J connectivity index is 2.52. The van der Waals surface area contributed by atoms with E-state index < -0.39 is 11.6 Å². The molecule has 1 amide bonds. The lowest BCUT2D eigenvalue weighted by atomic mass is 10.0. The molecule has 0 aliphatic carbocycles. The van der Waals surface area contributed by atoms with Crippen molar-refractivity contribution in [2.75, 3.05) is 13.1 Å². The zero-order valence-corrected chi connectivity index (χ0v) is 12.7. The van der Waals surface area contributed by atoms with E-state index in [2.05, 4.69) is 0 Å². The topological polar surface area (TPSA) is 66.6 Å². The number of rotatable bonds is 7. The van der Waals surface area contributed by atoms with E-state index >= 15 is 0 Å². The van der Waals surface area contributed by atoms with Gasteiger partial charge < -0.3 is 15.7 Å². The van der Waals surface area contributed by atoms with Crippen LogP contribution in [0.25, 0.3) is 0 Å². The molecule has 4 nitrogen and oxygen atoms in total. The molecule has 0 aromatic heterocycles. The predicted octanol–water partition coefficient (Wildman–Crippen LogP) is 1.57. The molecule has 0 aliphatic heterocycles. The molecule has 0 fully saturated rings. The minimum atomic E-state index is -0.898. The molecule has 1 rings (SSSR count). The van der Waals surface area contributed by atoms with Crippen molar-refractivity contribution in [3.8, 4) is 0 Å². The molecule has 0 radical (unpaired) electrons. The second-order valence-electron chi connectivity index (χ2n) is 5.80. The molecular formula is C16H26N2O2. The molecule has 0 spiro atoms. The molecule has 0 unspecified atom stereocenters. The Bertz CT molecular complexity index is 412. The quantitative estimate of drug-likeness (QED) is 0.795. The summed E-state index contributed by atoms with van der Waals surface area (Å²) in [5, 5.41) is 9.82. The van der Waals surface area contributed by atoms with Crippen molar-refractivity contribution in [3.05, 3.63) is 35.9 Å². The fourth-order valence-electron chi connectivity index (χ4n) is 2.14. The van der Waals surface area contributed by atoms with Gasteiger partial charge in [-0.15, -0.1) is 0 Å². The van der Waals surface area contributed by atoms with Gasteiger partial charge in [0.1, 0.15) is 0 Å². The minimum Gasteiger partial charge on any atom is -0.389 e. The zero-order valence-electron chi connectivity index (χ0n) is 12.7. The number of nitrogens with two attached hydrogens (primary N) is 1. The third-order valence-electron chi connectivity index (χ3n) is 3.18. The van der Waals surface area contributed by atoms with Crippen molar-refractivity contribution in [2.45, 2.75) is 45.3 Å². The van der Waals surface area contributed by atoms with Gasteiger partial charge in [-0.3, -0.25) is 4.79 Å². The summed E-state index contributed by atoms with van der Waals surface area (Å²) < 4.78 is 0. The van der Waals surface area contributed by atoms with Crippen LogP contribution in [0.15, 0.2) is 30.3 Å². The average Bonchev–Trinajstić information content (AvgIpc) is 2.41. The van der Waals surface area contributed by atoms with Gasteiger partial charge in [0, 0.05) is 13.1 Å². The first kappa shape index (κ1) is 16.7. The van der Waals surface area contributed by atoms with Crippen molar-refractivity contribution >= 4 is 5.91 Å². The first-order valence-electron chi connectivity index (χ1n) is 7.14. The second-order valence-corrected chi connectivity index (χ2v) is 5.80. The van der Waals surface area contributed by atoms with Crippen molar-refractivity contribution in [1.29, 1.82) is 0 Å². The summed E-state index contributed by atoms with van der Waals surface area (Å²) in [4.78, 5) is 13.9. The number of nitrogens with zero attached hydrogens (tertiary/aromatic N) is 1. The molecule has 0 saturated heterocycles. The Labute approximate surface area is 121 Å². The van der Waals surface area contributed by atoms with E-state index in [1.165, 1.54) is 5.56 Å². The maximum atomic E-state index is 12.3. The number of likely N-dealkylation sites (N-methyl/N-ethyl adjacent to an activating group) is 1. The maximum Gasteiger partial charge on any atom is 0.239 e. The lowest BCUT2D eigenvalue weighted by Gasteiger charge is -2.30. The van der Waals surface area contributed by atoms with Crippen LogP contribution >= 0.6 is 0 Å². The SMILES string of the molecule is CCN(CC(C)(C)O)C(=O)[C@@H](N)CCc1ccccc1. The second kappa shape index (κ2) is 7.41. The number of aryl methyl sites for hydroxylation is 1. The maximum absolute atomic E-state index is 12.3. The minimum absolute atomic E-state index is 0.0921. The summed E-state index contributed by atoms with van der Waals surface area (Å²) in [7, 11) is 0. The third kappa shape index (κ3) is 5.72. The van der Waals surface area contributed by atoms with E-state index in [-0.39, 0.29) is 5.91 Å². The lowest BCUT2D eigenvalue weighted by Crippen LogP contribution is -2.49. The molecule has 112 valence electrons. The summed E-state index contributed by atoms with van der Waals surface area (Å²) in [5.74, 6) is -0.0921. The van der Waals surface area contributed by atoms with Crippen LogP contribution in [-0.4, -0.2) is 40.6 Å². The van der Waals surface area contributed by atoms with Gasteiger partial charge in [0.05, 0.1) is 11.6 Å². The van der Waals surface area contributed by atoms with Gasteiger partial charge in [-0.2, -0.15) is 0 Å². The molecule has 1 aromatic rings. The van der Waals surface area contributed by atoms with Crippen molar-refractivity contribution < 1.29 is 9.90 Å². The van der Waals surface area contributed by atoms with Gasteiger partial charge in [-0.1, -0.05) is 30.3 Å². The Morgan fingerprint density at radius 3 is 2.45 bits per heavy atom. The first-order valence-corrected chi connectivity index (χ1v) is 7.14. The standard InChI is InChI=1S/C16H26N2O2/c1-4-18(12-16(2,3)20)15(19)14(17)11-10-13-8-6-5-7-9-13/h5-9,14,20H,4,10-12,17H2,1-3H3/t14-/m0/s1. The van der Waals surface area contributed by atoms with Crippen molar-refractivity contribution in [2.24, 2.45) is 5.73 Å². The largest absolute Gasteiger partial charge is 0.389 e. The number of carbonyl (C=O) groups is 1. The fourth-order valence-corrected chi connectivity index (χ4v) is 2.14. The van der Waals surface area contributed by atoms with Gasteiger partial charge in [-0.25, -0.2) is 0 Å². The van der Waals surface area contributed by atoms with E-state index in [0.29, 0.717) is 19.5 Å². The number of amides is 1. The molecule has 20 heavy (non-hydrogen) atoms. The number of carbonyl (C=O) groups excluding carboxylic acids is 1. The summed E-state index contributed by atoms with van der Waals surface area (Å²) >= 11 is 0. The molecule has 0 saturated carbocycles. The van der Waals surface area contributed by atoms with Gasteiger partial charge >= 0.3 is 0 Å². The molecule has 1 aromatic carbocycles.